The molecule has 19 heavy (non-hydrogen) atoms. The molecule has 0 fully saturated rings. The van der Waals surface area contributed by atoms with Crippen molar-refractivity contribution in [2.45, 2.75) is 26.6 Å². The molecule has 0 aromatic carbocycles. The minimum absolute atomic E-state index is 0.0776. The fourth-order valence-electron chi connectivity index (χ4n) is 1.44. The van der Waals surface area contributed by atoms with Crippen LogP contribution in [0.25, 0.3) is 0 Å². The molecule has 2 amide bonds. The van der Waals surface area contributed by atoms with E-state index in [0.29, 0.717) is 0 Å². The number of amides is 2. The molecule has 0 aliphatic carbocycles. The molecule has 1 atom stereocenters. The second-order valence-corrected chi connectivity index (χ2v) is 6.12. The first kappa shape index (κ1) is 18.3. The molecule has 1 N–H and O–H groups in total. The Kier molecular flexibility index (Phi) is 8.92. The van der Waals surface area contributed by atoms with Crippen LogP contribution in [0.2, 0.25) is 0 Å². The van der Waals surface area contributed by atoms with Gasteiger partial charge in [0.1, 0.15) is 5.78 Å². The van der Waals surface area contributed by atoms with E-state index in [0.717, 1.165) is 4.90 Å². The topological polar surface area (TPSA) is 97.3 Å². The van der Waals surface area contributed by atoms with Crippen molar-refractivity contribution in [1.29, 1.82) is 0 Å². The molecule has 0 spiro atoms. The maximum absolute atomic E-state index is 12.5. The molecule has 0 rings (SSSR count). The molecule has 0 saturated heterocycles. The normalized spacial score (nSPS) is 12.8. The van der Waals surface area contributed by atoms with Gasteiger partial charge in [-0.1, -0.05) is 0 Å². The lowest BCUT2D eigenvalue weighted by molar-refractivity contribution is 0.166. The minimum Gasteiger partial charge on any atom is -0.308 e. The lowest BCUT2D eigenvalue weighted by Crippen LogP contribution is -2.44. The zero-order chi connectivity index (χ0) is 14.9. The molecular formula is C9H19ClN3O5P. The maximum Gasteiger partial charge on any atom is 0.352 e. The van der Waals surface area contributed by atoms with Crippen LogP contribution in [0, 0.1) is 4.91 Å². The van der Waals surface area contributed by atoms with Crippen LogP contribution in [-0.2, 0) is 13.6 Å². The quantitative estimate of drug-likeness (QED) is 0.305. The first-order valence-electron chi connectivity index (χ1n) is 5.80. The number of hydrogen-bond donors (Lipinski definition) is 1. The number of rotatable bonds is 9. The van der Waals surface area contributed by atoms with Crippen LogP contribution >= 0.6 is 19.2 Å². The summed E-state index contributed by atoms with van der Waals surface area (Å²) in [6.45, 7) is 5.25. The lowest BCUT2D eigenvalue weighted by atomic mass is 10.5. The predicted molar refractivity (Wildman–Crippen MR) is 72.1 cm³/mol. The molecule has 0 bridgehead atoms. The van der Waals surface area contributed by atoms with Crippen LogP contribution in [0.5, 0.6) is 0 Å². The first-order valence-corrected chi connectivity index (χ1v) is 7.95. The molecule has 1 unspecified atom stereocenters. The number of carbonyl (C=O) groups excluding carboxylic acids is 1. The summed E-state index contributed by atoms with van der Waals surface area (Å²) in [5, 5.41) is 2.29. The molecule has 0 aromatic rings. The molecule has 0 aliphatic heterocycles. The lowest BCUT2D eigenvalue weighted by Gasteiger charge is -2.32. The molecule has 0 aromatic heterocycles. The van der Waals surface area contributed by atoms with Gasteiger partial charge in [0.2, 0.25) is 0 Å². The SMILES string of the molecule is CCOP(=O)(OCC)C(C)N(CCCl)C(=O)NN=O. The van der Waals surface area contributed by atoms with E-state index in [-0.39, 0.29) is 25.6 Å². The Labute approximate surface area is 117 Å². The number of carbonyl (C=O) groups is 1. The monoisotopic (exact) mass is 315 g/mol. The van der Waals surface area contributed by atoms with Crippen LogP contribution in [-0.4, -0.2) is 42.4 Å². The van der Waals surface area contributed by atoms with Gasteiger partial charge in [0.05, 0.1) is 18.5 Å². The smallest absolute Gasteiger partial charge is 0.308 e. The Morgan fingerprint density at radius 2 is 1.95 bits per heavy atom. The van der Waals surface area contributed by atoms with Gasteiger partial charge in [-0.15, -0.1) is 16.5 Å². The molecule has 10 heteroatoms. The molecule has 0 aliphatic rings. The predicted octanol–water partition coefficient (Wildman–Crippen LogP) is 2.53. The zero-order valence-corrected chi connectivity index (χ0v) is 12.8. The van der Waals surface area contributed by atoms with Crippen molar-refractivity contribution in [1.82, 2.24) is 10.3 Å². The number of hydrogen-bond acceptors (Lipinski definition) is 6. The Bertz CT molecular complexity index is 334. The van der Waals surface area contributed by atoms with Gasteiger partial charge in [0, 0.05) is 12.4 Å². The Hall–Kier alpha value is -0.690. The van der Waals surface area contributed by atoms with Gasteiger partial charge in [0.15, 0.2) is 0 Å². The van der Waals surface area contributed by atoms with E-state index in [4.69, 9.17) is 20.6 Å². The van der Waals surface area contributed by atoms with Gasteiger partial charge < -0.3 is 13.9 Å². The largest absolute Gasteiger partial charge is 0.352 e. The van der Waals surface area contributed by atoms with Gasteiger partial charge in [-0.3, -0.25) is 4.57 Å². The minimum atomic E-state index is -3.51. The van der Waals surface area contributed by atoms with Crippen LogP contribution in [0.1, 0.15) is 20.8 Å². The Morgan fingerprint density at radius 3 is 2.32 bits per heavy atom. The first-order chi connectivity index (χ1) is 8.96. The third kappa shape index (κ3) is 5.44. The highest BCUT2D eigenvalue weighted by molar-refractivity contribution is 7.54. The maximum atomic E-state index is 12.5. The fraction of sp³-hybridized carbons (Fsp3) is 0.889. The average molecular weight is 316 g/mol. The standard InChI is InChI=1S/C9H19ClN3O5P/c1-4-17-19(16,18-5-2)8(3)13(7-6-10)9(14)11-12-15/h8H,4-7H2,1-3H3,(H,11,14,15). The molecule has 112 valence electrons. The zero-order valence-electron chi connectivity index (χ0n) is 11.2. The van der Waals surface area contributed by atoms with Crippen molar-refractivity contribution in [3.8, 4) is 0 Å². The van der Waals surface area contributed by atoms with Crippen LogP contribution in [0.15, 0.2) is 5.29 Å². The third-order valence-corrected chi connectivity index (χ3v) is 4.85. The van der Waals surface area contributed by atoms with Gasteiger partial charge in [-0.2, -0.15) is 5.43 Å². The summed E-state index contributed by atoms with van der Waals surface area (Å²) in [5.41, 5.74) is 1.73. The third-order valence-electron chi connectivity index (χ3n) is 2.25. The van der Waals surface area contributed by atoms with E-state index in [2.05, 4.69) is 5.29 Å². The van der Waals surface area contributed by atoms with Gasteiger partial charge in [-0.25, -0.2) is 4.79 Å². The van der Waals surface area contributed by atoms with E-state index in [1.165, 1.54) is 6.92 Å². The Balaban J connectivity index is 5.11. The number of nitroso groups, excluding NO2 is 1. The van der Waals surface area contributed by atoms with Crippen LogP contribution < -0.4 is 5.43 Å². The van der Waals surface area contributed by atoms with Crippen molar-refractivity contribution in [3.05, 3.63) is 4.91 Å². The van der Waals surface area contributed by atoms with Gasteiger partial charge in [0.25, 0.3) is 0 Å². The summed E-state index contributed by atoms with van der Waals surface area (Å²) in [5.74, 6) is -0.776. The molecule has 8 nitrogen and oxygen atoms in total. The van der Waals surface area contributed by atoms with Crippen molar-refractivity contribution >= 4 is 25.2 Å². The summed E-state index contributed by atoms with van der Waals surface area (Å²) >= 11 is 5.59. The number of urea groups is 1. The number of nitrogens with one attached hydrogen (secondary N) is 1. The number of alkyl halides is 1. The highest BCUT2D eigenvalue weighted by Gasteiger charge is 2.38. The molecule has 0 radical (unpaired) electrons. The summed E-state index contributed by atoms with van der Waals surface area (Å²) in [6, 6.07) is -0.803. The molecule has 0 saturated carbocycles. The highest BCUT2D eigenvalue weighted by atomic mass is 35.5. The van der Waals surface area contributed by atoms with E-state index in [1.54, 1.807) is 19.3 Å². The van der Waals surface area contributed by atoms with Gasteiger partial charge >= 0.3 is 13.6 Å². The second-order valence-electron chi connectivity index (χ2n) is 3.40. The molecular weight excluding hydrogens is 297 g/mol. The van der Waals surface area contributed by atoms with E-state index in [1.807, 2.05) is 0 Å². The summed E-state index contributed by atoms with van der Waals surface area (Å²) in [4.78, 5) is 22.8. The van der Waals surface area contributed by atoms with E-state index >= 15 is 0 Å². The summed E-state index contributed by atoms with van der Waals surface area (Å²) in [6.07, 6.45) is 0. The highest BCUT2D eigenvalue weighted by Crippen LogP contribution is 2.53. The average Bonchev–Trinajstić information content (AvgIpc) is 2.36. The van der Waals surface area contributed by atoms with Crippen molar-refractivity contribution in [2.24, 2.45) is 5.29 Å². The van der Waals surface area contributed by atoms with Crippen LogP contribution in [0.3, 0.4) is 0 Å². The summed E-state index contributed by atoms with van der Waals surface area (Å²) < 4.78 is 22.8. The Morgan fingerprint density at radius 1 is 1.42 bits per heavy atom. The fourth-order valence-corrected chi connectivity index (χ4v) is 3.41. The molecule has 0 heterocycles. The number of halogens is 1. The van der Waals surface area contributed by atoms with Crippen molar-refractivity contribution in [3.63, 3.8) is 0 Å². The van der Waals surface area contributed by atoms with E-state index in [9.17, 15) is 14.3 Å². The van der Waals surface area contributed by atoms with Crippen molar-refractivity contribution in [2.75, 3.05) is 25.6 Å². The summed E-state index contributed by atoms with van der Waals surface area (Å²) in [7, 11) is -3.51. The second kappa shape index (κ2) is 9.25. The van der Waals surface area contributed by atoms with E-state index < -0.39 is 19.4 Å². The number of nitrogens with zero attached hydrogens (tertiary/aromatic N) is 2. The van der Waals surface area contributed by atoms with Crippen molar-refractivity contribution < 1.29 is 18.4 Å². The van der Waals surface area contributed by atoms with Gasteiger partial charge in [-0.05, 0) is 20.8 Å². The van der Waals surface area contributed by atoms with Crippen LogP contribution in [0.4, 0.5) is 4.79 Å².